The van der Waals surface area contributed by atoms with E-state index in [9.17, 15) is 0 Å². The summed E-state index contributed by atoms with van der Waals surface area (Å²) in [5.74, 6) is 0.937. The SMILES string of the molecule is CCCNc1cccc(COC(C)CC)n1. The first-order valence-electron chi connectivity index (χ1n) is 6.07. The fourth-order valence-corrected chi connectivity index (χ4v) is 1.26. The fraction of sp³-hybridized carbons (Fsp3) is 0.615. The molecule has 1 aromatic rings. The Morgan fingerprint density at radius 1 is 1.38 bits per heavy atom. The summed E-state index contributed by atoms with van der Waals surface area (Å²) in [4.78, 5) is 4.48. The molecule has 1 rings (SSSR count). The molecule has 0 radical (unpaired) electrons. The Kier molecular flexibility index (Phi) is 5.86. The lowest BCUT2D eigenvalue weighted by atomic mass is 10.3. The molecule has 1 unspecified atom stereocenters. The van der Waals surface area contributed by atoms with Crippen molar-refractivity contribution in [1.82, 2.24) is 4.98 Å². The number of pyridine rings is 1. The van der Waals surface area contributed by atoms with Crippen LogP contribution in [0.4, 0.5) is 5.82 Å². The van der Waals surface area contributed by atoms with Crippen LogP contribution < -0.4 is 5.32 Å². The van der Waals surface area contributed by atoms with Gasteiger partial charge in [-0.15, -0.1) is 0 Å². The molecule has 0 aliphatic carbocycles. The first-order valence-corrected chi connectivity index (χ1v) is 6.07. The van der Waals surface area contributed by atoms with Crippen molar-refractivity contribution in [2.45, 2.75) is 46.3 Å². The zero-order valence-electron chi connectivity index (χ0n) is 10.5. The van der Waals surface area contributed by atoms with Crippen LogP contribution in [0.15, 0.2) is 18.2 Å². The van der Waals surface area contributed by atoms with Crippen molar-refractivity contribution in [1.29, 1.82) is 0 Å². The van der Waals surface area contributed by atoms with Gasteiger partial charge in [-0.25, -0.2) is 4.98 Å². The summed E-state index contributed by atoms with van der Waals surface area (Å²) in [7, 11) is 0. The fourth-order valence-electron chi connectivity index (χ4n) is 1.26. The van der Waals surface area contributed by atoms with Gasteiger partial charge in [0, 0.05) is 6.54 Å². The van der Waals surface area contributed by atoms with Gasteiger partial charge in [0.15, 0.2) is 0 Å². The third-order valence-corrected chi connectivity index (χ3v) is 2.45. The third-order valence-electron chi connectivity index (χ3n) is 2.45. The first kappa shape index (κ1) is 13.0. The van der Waals surface area contributed by atoms with Crippen molar-refractivity contribution in [2.24, 2.45) is 0 Å². The van der Waals surface area contributed by atoms with Crippen LogP contribution in [0.25, 0.3) is 0 Å². The summed E-state index contributed by atoms with van der Waals surface area (Å²) >= 11 is 0. The van der Waals surface area contributed by atoms with Crippen LogP contribution in [0.2, 0.25) is 0 Å². The van der Waals surface area contributed by atoms with Crippen LogP contribution in [-0.4, -0.2) is 17.6 Å². The van der Waals surface area contributed by atoms with Gasteiger partial charge in [0.05, 0.1) is 18.4 Å². The quantitative estimate of drug-likeness (QED) is 0.769. The molecule has 16 heavy (non-hydrogen) atoms. The van der Waals surface area contributed by atoms with Crippen molar-refractivity contribution >= 4 is 5.82 Å². The minimum absolute atomic E-state index is 0.300. The molecule has 0 amide bonds. The summed E-state index contributed by atoms with van der Waals surface area (Å²) in [6.45, 7) is 7.90. The van der Waals surface area contributed by atoms with Gasteiger partial charge in [-0.1, -0.05) is 19.9 Å². The maximum atomic E-state index is 5.65. The number of hydrogen-bond acceptors (Lipinski definition) is 3. The van der Waals surface area contributed by atoms with E-state index in [0.29, 0.717) is 12.7 Å². The second-order valence-corrected chi connectivity index (χ2v) is 3.97. The molecule has 0 saturated heterocycles. The molecular weight excluding hydrogens is 200 g/mol. The van der Waals surface area contributed by atoms with Crippen molar-refractivity contribution in [3.63, 3.8) is 0 Å². The summed E-state index contributed by atoms with van der Waals surface area (Å²) in [5.41, 5.74) is 0.987. The largest absolute Gasteiger partial charge is 0.372 e. The zero-order chi connectivity index (χ0) is 11.8. The Hall–Kier alpha value is -1.09. The van der Waals surface area contributed by atoms with Crippen molar-refractivity contribution in [3.8, 4) is 0 Å². The lowest BCUT2D eigenvalue weighted by Crippen LogP contribution is -2.08. The van der Waals surface area contributed by atoms with Crippen molar-refractivity contribution < 1.29 is 4.74 Å². The standard InChI is InChI=1S/C13H22N2O/c1-4-9-14-13-8-6-7-12(15-13)10-16-11(3)5-2/h6-8,11H,4-5,9-10H2,1-3H3,(H,14,15). The van der Waals surface area contributed by atoms with Gasteiger partial charge in [0.25, 0.3) is 0 Å². The molecule has 1 atom stereocenters. The summed E-state index contributed by atoms with van der Waals surface area (Å²) < 4.78 is 5.65. The zero-order valence-corrected chi connectivity index (χ0v) is 10.5. The average molecular weight is 222 g/mol. The normalized spacial score (nSPS) is 12.4. The van der Waals surface area contributed by atoms with Crippen molar-refractivity contribution in [2.75, 3.05) is 11.9 Å². The highest BCUT2D eigenvalue weighted by Gasteiger charge is 2.01. The van der Waals surface area contributed by atoms with E-state index in [4.69, 9.17) is 4.74 Å². The molecule has 3 nitrogen and oxygen atoms in total. The molecule has 0 saturated carbocycles. The second-order valence-electron chi connectivity index (χ2n) is 3.97. The highest BCUT2D eigenvalue weighted by molar-refractivity contribution is 5.34. The maximum Gasteiger partial charge on any atom is 0.126 e. The predicted octanol–water partition coefficient (Wildman–Crippen LogP) is 3.22. The number of nitrogens with zero attached hydrogens (tertiary/aromatic N) is 1. The van der Waals surface area contributed by atoms with E-state index in [2.05, 4.69) is 31.1 Å². The number of anilines is 1. The van der Waals surface area contributed by atoms with Gasteiger partial charge in [0.1, 0.15) is 5.82 Å². The molecule has 0 bridgehead atoms. The third kappa shape index (κ3) is 4.62. The van der Waals surface area contributed by atoms with Gasteiger partial charge in [-0.3, -0.25) is 0 Å². The molecule has 1 aromatic heterocycles. The Morgan fingerprint density at radius 3 is 2.88 bits per heavy atom. The van der Waals surface area contributed by atoms with E-state index in [0.717, 1.165) is 30.9 Å². The van der Waals surface area contributed by atoms with Crippen LogP contribution >= 0.6 is 0 Å². The highest BCUT2D eigenvalue weighted by atomic mass is 16.5. The van der Waals surface area contributed by atoms with E-state index in [1.165, 1.54) is 0 Å². The molecule has 1 N–H and O–H groups in total. The number of nitrogens with one attached hydrogen (secondary N) is 1. The molecule has 0 fully saturated rings. The molecule has 90 valence electrons. The minimum atomic E-state index is 0.300. The molecule has 0 spiro atoms. The van der Waals surface area contributed by atoms with Crippen LogP contribution in [-0.2, 0) is 11.3 Å². The summed E-state index contributed by atoms with van der Waals surface area (Å²) in [6.07, 6.45) is 2.44. The highest BCUT2D eigenvalue weighted by Crippen LogP contribution is 2.07. The molecular formula is C13H22N2O. The second kappa shape index (κ2) is 7.23. The first-order chi connectivity index (χ1) is 7.76. The Morgan fingerprint density at radius 2 is 2.19 bits per heavy atom. The molecule has 0 aliphatic heterocycles. The van der Waals surface area contributed by atoms with E-state index in [-0.39, 0.29) is 0 Å². The van der Waals surface area contributed by atoms with E-state index in [1.807, 2.05) is 18.2 Å². The van der Waals surface area contributed by atoms with Gasteiger partial charge >= 0.3 is 0 Å². The lowest BCUT2D eigenvalue weighted by Gasteiger charge is -2.11. The van der Waals surface area contributed by atoms with E-state index < -0.39 is 0 Å². The smallest absolute Gasteiger partial charge is 0.126 e. The van der Waals surface area contributed by atoms with Crippen molar-refractivity contribution in [3.05, 3.63) is 23.9 Å². The maximum absolute atomic E-state index is 5.65. The molecule has 3 heteroatoms. The lowest BCUT2D eigenvalue weighted by molar-refractivity contribution is 0.0489. The number of ether oxygens (including phenoxy) is 1. The Balaban J connectivity index is 2.46. The average Bonchev–Trinajstić information content (AvgIpc) is 2.34. The molecule has 1 heterocycles. The number of aromatic nitrogens is 1. The van der Waals surface area contributed by atoms with Crippen LogP contribution in [0, 0.1) is 0 Å². The van der Waals surface area contributed by atoms with Crippen LogP contribution in [0.3, 0.4) is 0 Å². The Bertz CT molecular complexity index is 302. The van der Waals surface area contributed by atoms with E-state index in [1.54, 1.807) is 0 Å². The topological polar surface area (TPSA) is 34.1 Å². The van der Waals surface area contributed by atoms with Gasteiger partial charge in [-0.05, 0) is 31.9 Å². The molecule has 0 aromatic carbocycles. The summed E-state index contributed by atoms with van der Waals surface area (Å²) in [5, 5.41) is 3.27. The van der Waals surface area contributed by atoms with Gasteiger partial charge < -0.3 is 10.1 Å². The van der Waals surface area contributed by atoms with Gasteiger partial charge in [0.2, 0.25) is 0 Å². The summed E-state index contributed by atoms with van der Waals surface area (Å²) in [6, 6.07) is 6.00. The van der Waals surface area contributed by atoms with Crippen LogP contribution in [0.1, 0.15) is 39.3 Å². The van der Waals surface area contributed by atoms with Gasteiger partial charge in [-0.2, -0.15) is 0 Å². The number of hydrogen-bond donors (Lipinski definition) is 1. The Labute approximate surface area is 98.2 Å². The van der Waals surface area contributed by atoms with E-state index >= 15 is 0 Å². The monoisotopic (exact) mass is 222 g/mol. The molecule has 0 aliphatic rings. The number of rotatable bonds is 7. The van der Waals surface area contributed by atoms with Crippen LogP contribution in [0.5, 0.6) is 0 Å². The minimum Gasteiger partial charge on any atom is -0.372 e. The predicted molar refractivity (Wildman–Crippen MR) is 67.6 cm³/mol.